The van der Waals surface area contributed by atoms with Gasteiger partial charge in [-0.05, 0) is 54.6 Å². The average Bonchev–Trinajstić information content (AvgIpc) is 3.40. The van der Waals surface area contributed by atoms with E-state index < -0.39 is 21.9 Å². The maximum Gasteiger partial charge on any atom is 0.308 e. The van der Waals surface area contributed by atoms with E-state index in [1.54, 1.807) is 25.1 Å². The van der Waals surface area contributed by atoms with Crippen molar-refractivity contribution in [1.29, 1.82) is 0 Å². The third-order valence-electron chi connectivity index (χ3n) is 6.12. The van der Waals surface area contributed by atoms with Gasteiger partial charge in [0, 0.05) is 39.3 Å². The molecular formula is C24H21ClN2O4S2. The van der Waals surface area contributed by atoms with E-state index in [0.717, 1.165) is 26.5 Å². The highest BCUT2D eigenvalue weighted by Gasteiger charge is 2.29. The number of benzene rings is 3. The van der Waals surface area contributed by atoms with Gasteiger partial charge >= 0.3 is 5.97 Å². The molecule has 9 heteroatoms. The van der Waals surface area contributed by atoms with E-state index in [4.69, 9.17) is 11.6 Å². The zero-order valence-corrected chi connectivity index (χ0v) is 20.1. The predicted molar refractivity (Wildman–Crippen MR) is 134 cm³/mol. The summed E-state index contributed by atoms with van der Waals surface area (Å²) >= 11 is 7.32. The number of hydrogen-bond donors (Lipinski definition) is 2. The van der Waals surface area contributed by atoms with Gasteiger partial charge in [0.05, 0.1) is 11.6 Å². The van der Waals surface area contributed by atoms with Gasteiger partial charge in [-0.3, -0.25) is 9.52 Å². The average molecular weight is 501 g/mol. The summed E-state index contributed by atoms with van der Waals surface area (Å²) in [6, 6.07) is 16.6. The van der Waals surface area contributed by atoms with Crippen LogP contribution in [0.25, 0.3) is 20.9 Å². The second-order valence-electron chi connectivity index (χ2n) is 8.21. The van der Waals surface area contributed by atoms with Crippen molar-refractivity contribution in [3.8, 4) is 0 Å². The molecule has 0 spiro atoms. The molecule has 0 saturated carbocycles. The SMILES string of the molecule is Cc1c(S(=O)(=O)Nc2ccc(N3CC[C@@H](C(=O)O)C3)c3ccccc23)sc2ccc(Cl)cc12. The molecule has 1 atom stereocenters. The number of halogens is 1. The minimum atomic E-state index is -3.83. The molecule has 170 valence electrons. The number of carboxylic acids is 1. The third kappa shape index (κ3) is 3.92. The lowest BCUT2D eigenvalue weighted by Gasteiger charge is -2.22. The van der Waals surface area contributed by atoms with Gasteiger partial charge in [0.25, 0.3) is 10.0 Å². The number of rotatable bonds is 5. The van der Waals surface area contributed by atoms with Crippen molar-refractivity contribution in [3.05, 3.63) is 65.2 Å². The van der Waals surface area contributed by atoms with Gasteiger partial charge < -0.3 is 10.0 Å². The van der Waals surface area contributed by atoms with Crippen LogP contribution < -0.4 is 9.62 Å². The second-order valence-corrected chi connectivity index (χ2v) is 11.6. The zero-order valence-electron chi connectivity index (χ0n) is 17.7. The Kier molecular flexibility index (Phi) is 5.47. The lowest BCUT2D eigenvalue weighted by molar-refractivity contribution is -0.140. The Balaban J connectivity index is 1.54. The molecule has 0 amide bonds. The van der Waals surface area contributed by atoms with Crippen LogP contribution in [0.4, 0.5) is 11.4 Å². The Hall–Kier alpha value is -2.81. The quantitative estimate of drug-likeness (QED) is 0.365. The van der Waals surface area contributed by atoms with Crippen LogP contribution in [0.3, 0.4) is 0 Å². The molecule has 2 N–H and O–H groups in total. The van der Waals surface area contributed by atoms with Crippen molar-refractivity contribution in [2.75, 3.05) is 22.7 Å². The minimum Gasteiger partial charge on any atom is -0.481 e. The van der Waals surface area contributed by atoms with Crippen molar-refractivity contribution in [2.45, 2.75) is 17.6 Å². The molecule has 0 aliphatic carbocycles. The molecule has 1 aliphatic rings. The van der Waals surface area contributed by atoms with Gasteiger partial charge in [0.1, 0.15) is 4.21 Å². The van der Waals surface area contributed by atoms with E-state index in [1.165, 1.54) is 11.3 Å². The summed E-state index contributed by atoms with van der Waals surface area (Å²) in [7, 11) is -3.83. The summed E-state index contributed by atoms with van der Waals surface area (Å²) in [5.74, 6) is -1.18. The highest BCUT2D eigenvalue weighted by Crippen LogP contribution is 2.39. The molecule has 5 rings (SSSR count). The number of sulfonamides is 1. The van der Waals surface area contributed by atoms with Crippen LogP contribution >= 0.6 is 22.9 Å². The fourth-order valence-electron chi connectivity index (χ4n) is 4.45. The Morgan fingerprint density at radius 1 is 1.12 bits per heavy atom. The zero-order chi connectivity index (χ0) is 23.3. The molecular weight excluding hydrogens is 480 g/mol. The molecule has 6 nitrogen and oxygen atoms in total. The Morgan fingerprint density at radius 3 is 2.61 bits per heavy atom. The highest BCUT2D eigenvalue weighted by atomic mass is 35.5. The Bertz CT molecular complexity index is 1510. The van der Waals surface area contributed by atoms with Gasteiger partial charge in [-0.15, -0.1) is 11.3 Å². The van der Waals surface area contributed by atoms with Crippen molar-refractivity contribution in [2.24, 2.45) is 5.92 Å². The summed E-state index contributed by atoms with van der Waals surface area (Å²) in [6.45, 7) is 2.88. The molecule has 0 radical (unpaired) electrons. The Labute approximate surface area is 200 Å². The first-order valence-corrected chi connectivity index (χ1v) is 13.1. The molecule has 0 bridgehead atoms. The van der Waals surface area contributed by atoms with E-state index in [2.05, 4.69) is 9.62 Å². The van der Waals surface area contributed by atoms with Gasteiger partial charge in [0.2, 0.25) is 0 Å². The predicted octanol–water partition coefficient (Wildman–Crippen LogP) is 5.73. The lowest BCUT2D eigenvalue weighted by Crippen LogP contribution is -2.23. The van der Waals surface area contributed by atoms with Crippen LogP contribution in [0.2, 0.25) is 5.02 Å². The maximum atomic E-state index is 13.4. The van der Waals surface area contributed by atoms with Crippen molar-refractivity contribution in [3.63, 3.8) is 0 Å². The van der Waals surface area contributed by atoms with Crippen molar-refractivity contribution >= 4 is 71.2 Å². The smallest absolute Gasteiger partial charge is 0.308 e. The number of carboxylic acid groups (broad SMARTS) is 1. The van der Waals surface area contributed by atoms with Crippen LogP contribution in [-0.4, -0.2) is 32.6 Å². The van der Waals surface area contributed by atoms with Crippen LogP contribution in [0.5, 0.6) is 0 Å². The molecule has 0 unspecified atom stereocenters. The fourth-order valence-corrected chi connectivity index (χ4v) is 7.45. The molecule has 33 heavy (non-hydrogen) atoms. The summed E-state index contributed by atoms with van der Waals surface area (Å²) in [4.78, 5) is 13.4. The highest BCUT2D eigenvalue weighted by molar-refractivity contribution is 7.95. The number of fused-ring (bicyclic) bond motifs is 2. The van der Waals surface area contributed by atoms with E-state index in [-0.39, 0.29) is 4.21 Å². The molecule has 1 saturated heterocycles. The fraction of sp³-hybridized carbons (Fsp3) is 0.208. The number of carbonyl (C=O) groups is 1. The van der Waals surface area contributed by atoms with Gasteiger partial charge in [-0.1, -0.05) is 35.9 Å². The number of anilines is 2. The van der Waals surface area contributed by atoms with E-state index >= 15 is 0 Å². The number of thiophene rings is 1. The first kappa shape index (κ1) is 22.0. The summed E-state index contributed by atoms with van der Waals surface area (Å²) in [5, 5.41) is 12.4. The first-order chi connectivity index (χ1) is 15.7. The molecule has 1 fully saturated rings. The van der Waals surface area contributed by atoms with Crippen LogP contribution in [0.1, 0.15) is 12.0 Å². The largest absolute Gasteiger partial charge is 0.481 e. The van der Waals surface area contributed by atoms with Crippen LogP contribution in [0, 0.1) is 12.8 Å². The van der Waals surface area contributed by atoms with Crippen molar-refractivity contribution < 1.29 is 18.3 Å². The monoisotopic (exact) mass is 500 g/mol. The third-order valence-corrected chi connectivity index (χ3v) is 9.62. The van der Waals surface area contributed by atoms with Crippen LogP contribution in [-0.2, 0) is 14.8 Å². The van der Waals surface area contributed by atoms with E-state index in [1.807, 2.05) is 36.4 Å². The molecule has 4 aromatic rings. The van der Waals surface area contributed by atoms with E-state index in [0.29, 0.717) is 35.8 Å². The number of nitrogens with one attached hydrogen (secondary N) is 1. The molecule has 1 aromatic heterocycles. The summed E-state index contributed by atoms with van der Waals surface area (Å²) in [5.41, 5.74) is 2.06. The van der Waals surface area contributed by atoms with Gasteiger partial charge in [0.15, 0.2) is 0 Å². The molecule has 3 aromatic carbocycles. The normalized spacial score (nSPS) is 16.5. The van der Waals surface area contributed by atoms with Gasteiger partial charge in [-0.25, -0.2) is 8.42 Å². The first-order valence-electron chi connectivity index (χ1n) is 10.5. The Morgan fingerprint density at radius 2 is 1.88 bits per heavy atom. The molecule has 1 aliphatic heterocycles. The van der Waals surface area contributed by atoms with Crippen molar-refractivity contribution in [1.82, 2.24) is 0 Å². The van der Waals surface area contributed by atoms with E-state index in [9.17, 15) is 18.3 Å². The topological polar surface area (TPSA) is 86.7 Å². The molecule has 2 heterocycles. The summed E-state index contributed by atoms with van der Waals surface area (Å²) < 4.78 is 30.6. The van der Waals surface area contributed by atoms with Crippen LogP contribution in [0.15, 0.2) is 58.8 Å². The number of aryl methyl sites for hydroxylation is 1. The summed E-state index contributed by atoms with van der Waals surface area (Å²) in [6.07, 6.45) is 0.591. The number of aliphatic carboxylic acids is 1. The minimum absolute atomic E-state index is 0.261. The number of nitrogens with zero attached hydrogens (tertiary/aromatic N) is 1. The second kappa shape index (κ2) is 8.20. The lowest BCUT2D eigenvalue weighted by atomic mass is 10.1. The number of hydrogen-bond acceptors (Lipinski definition) is 5. The standard InChI is InChI=1S/C24H21ClN2O4S2/c1-14-19-12-16(25)6-9-22(19)32-24(14)33(30,31)26-20-7-8-21(18-5-3-2-4-17(18)20)27-11-10-15(13-27)23(28)29/h2-9,12,15,26H,10-11,13H2,1H3,(H,28,29)/t15-/m1/s1. The van der Waals surface area contributed by atoms with Gasteiger partial charge in [-0.2, -0.15) is 0 Å². The maximum absolute atomic E-state index is 13.4.